The van der Waals surface area contributed by atoms with Gasteiger partial charge < -0.3 is 4.98 Å². The van der Waals surface area contributed by atoms with Gasteiger partial charge in [0.1, 0.15) is 5.82 Å². The van der Waals surface area contributed by atoms with Crippen LogP contribution in [-0.4, -0.2) is 15.0 Å². The van der Waals surface area contributed by atoms with E-state index in [4.69, 9.17) is 0 Å². The summed E-state index contributed by atoms with van der Waals surface area (Å²) in [6, 6.07) is 10.4. The lowest BCUT2D eigenvalue weighted by Gasteiger charge is -1.99. The van der Waals surface area contributed by atoms with Crippen LogP contribution in [0.2, 0.25) is 0 Å². The minimum absolute atomic E-state index is 0.894. The SMILES string of the molecule is c1cnc2c(c1)sc1cccc(-c3ncc[nH]3)c12. The number of H-pyrrole nitrogens is 1. The number of hydrogen-bond acceptors (Lipinski definition) is 3. The van der Waals surface area contributed by atoms with E-state index < -0.39 is 0 Å². The van der Waals surface area contributed by atoms with Gasteiger partial charge in [0, 0.05) is 34.2 Å². The Bertz CT molecular complexity index is 831. The molecule has 0 aliphatic heterocycles. The first-order valence-corrected chi connectivity index (χ1v) is 6.51. The fourth-order valence-electron chi connectivity index (χ4n) is 2.25. The molecule has 3 heterocycles. The van der Waals surface area contributed by atoms with E-state index in [1.807, 2.05) is 18.5 Å². The zero-order valence-electron chi connectivity index (χ0n) is 9.42. The summed E-state index contributed by atoms with van der Waals surface area (Å²) in [7, 11) is 0. The molecule has 86 valence electrons. The Morgan fingerprint density at radius 1 is 0.944 bits per heavy atom. The van der Waals surface area contributed by atoms with Crippen molar-refractivity contribution in [2.75, 3.05) is 0 Å². The van der Waals surface area contributed by atoms with Crippen LogP contribution in [0.25, 0.3) is 31.7 Å². The Labute approximate surface area is 107 Å². The summed E-state index contributed by atoms with van der Waals surface area (Å²) < 4.78 is 2.46. The summed E-state index contributed by atoms with van der Waals surface area (Å²) >= 11 is 1.77. The highest BCUT2D eigenvalue weighted by molar-refractivity contribution is 7.25. The molecule has 0 aliphatic rings. The molecule has 0 bridgehead atoms. The van der Waals surface area contributed by atoms with E-state index in [9.17, 15) is 0 Å². The molecular formula is C14H9N3S. The van der Waals surface area contributed by atoms with Gasteiger partial charge in [-0.3, -0.25) is 4.98 Å². The number of aromatic nitrogens is 3. The van der Waals surface area contributed by atoms with Crippen LogP contribution in [0.15, 0.2) is 48.9 Å². The van der Waals surface area contributed by atoms with Gasteiger partial charge in [-0.2, -0.15) is 0 Å². The molecule has 1 N–H and O–H groups in total. The third-order valence-electron chi connectivity index (χ3n) is 3.01. The van der Waals surface area contributed by atoms with Crippen molar-refractivity contribution in [1.82, 2.24) is 15.0 Å². The number of rotatable bonds is 1. The van der Waals surface area contributed by atoms with E-state index in [0.717, 1.165) is 16.9 Å². The van der Waals surface area contributed by atoms with E-state index in [2.05, 4.69) is 39.2 Å². The minimum atomic E-state index is 0.894. The Morgan fingerprint density at radius 2 is 1.89 bits per heavy atom. The number of thiophene rings is 1. The van der Waals surface area contributed by atoms with E-state index >= 15 is 0 Å². The normalized spacial score (nSPS) is 11.3. The van der Waals surface area contributed by atoms with Crippen LogP contribution in [0.1, 0.15) is 0 Å². The molecule has 3 aromatic heterocycles. The number of nitrogens with one attached hydrogen (secondary N) is 1. The van der Waals surface area contributed by atoms with Crippen molar-refractivity contribution in [3.05, 3.63) is 48.9 Å². The molecular weight excluding hydrogens is 242 g/mol. The molecule has 3 nitrogen and oxygen atoms in total. The van der Waals surface area contributed by atoms with Crippen molar-refractivity contribution < 1.29 is 0 Å². The van der Waals surface area contributed by atoms with Gasteiger partial charge in [-0.1, -0.05) is 12.1 Å². The molecule has 0 saturated carbocycles. The smallest absolute Gasteiger partial charge is 0.137 e. The van der Waals surface area contributed by atoms with Gasteiger partial charge in [0.25, 0.3) is 0 Å². The van der Waals surface area contributed by atoms with Gasteiger partial charge in [0.15, 0.2) is 0 Å². The molecule has 1 aromatic carbocycles. The van der Waals surface area contributed by atoms with E-state index in [0.29, 0.717) is 0 Å². The summed E-state index contributed by atoms with van der Waals surface area (Å²) in [4.78, 5) is 12.0. The van der Waals surface area contributed by atoms with Crippen molar-refractivity contribution in [2.45, 2.75) is 0 Å². The minimum Gasteiger partial charge on any atom is -0.345 e. The van der Waals surface area contributed by atoms with Crippen molar-refractivity contribution in [2.24, 2.45) is 0 Å². The van der Waals surface area contributed by atoms with E-state index in [1.54, 1.807) is 17.5 Å². The molecule has 0 unspecified atom stereocenters. The number of nitrogens with zero attached hydrogens (tertiary/aromatic N) is 2. The molecule has 0 amide bonds. The average Bonchev–Trinajstić information content (AvgIpc) is 3.05. The molecule has 0 radical (unpaired) electrons. The maximum absolute atomic E-state index is 4.51. The number of benzene rings is 1. The largest absolute Gasteiger partial charge is 0.345 e. The van der Waals surface area contributed by atoms with Gasteiger partial charge >= 0.3 is 0 Å². The lowest BCUT2D eigenvalue weighted by atomic mass is 10.1. The lowest BCUT2D eigenvalue weighted by molar-refractivity contribution is 1.32. The Morgan fingerprint density at radius 3 is 2.78 bits per heavy atom. The molecule has 0 aliphatic carbocycles. The van der Waals surface area contributed by atoms with Crippen LogP contribution in [-0.2, 0) is 0 Å². The second-order valence-corrected chi connectivity index (χ2v) is 5.15. The number of pyridine rings is 1. The van der Waals surface area contributed by atoms with Crippen LogP contribution < -0.4 is 0 Å². The lowest BCUT2D eigenvalue weighted by Crippen LogP contribution is -1.82. The first-order chi connectivity index (χ1) is 8.93. The molecule has 0 atom stereocenters. The highest BCUT2D eigenvalue weighted by atomic mass is 32.1. The second-order valence-electron chi connectivity index (χ2n) is 4.07. The van der Waals surface area contributed by atoms with Crippen molar-refractivity contribution in [3.63, 3.8) is 0 Å². The zero-order valence-corrected chi connectivity index (χ0v) is 10.2. The van der Waals surface area contributed by atoms with Crippen LogP contribution in [0.3, 0.4) is 0 Å². The van der Waals surface area contributed by atoms with Crippen molar-refractivity contribution in [1.29, 1.82) is 0 Å². The highest BCUT2D eigenvalue weighted by Crippen LogP contribution is 2.37. The van der Waals surface area contributed by atoms with E-state index in [-0.39, 0.29) is 0 Å². The predicted octanol–water partition coefficient (Wildman–Crippen LogP) is 3.84. The molecule has 4 heteroatoms. The Balaban J connectivity index is 2.21. The monoisotopic (exact) mass is 251 g/mol. The maximum atomic E-state index is 4.51. The Hall–Kier alpha value is -2.20. The summed E-state index contributed by atoms with van der Waals surface area (Å²) in [5.74, 6) is 0.894. The average molecular weight is 251 g/mol. The maximum Gasteiger partial charge on any atom is 0.137 e. The molecule has 4 aromatic rings. The number of imidazole rings is 1. The quantitative estimate of drug-likeness (QED) is 0.558. The van der Waals surface area contributed by atoms with Gasteiger partial charge in [0.05, 0.1) is 10.2 Å². The van der Waals surface area contributed by atoms with Gasteiger partial charge in [-0.15, -0.1) is 11.3 Å². The van der Waals surface area contributed by atoms with Gasteiger partial charge in [0.2, 0.25) is 0 Å². The summed E-state index contributed by atoms with van der Waals surface area (Å²) in [5, 5.41) is 1.19. The topological polar surface area (TPSA) is 41.6 Å². The highest BCUT2D eigenvalue weighted by Gasteiger charge is 2.12. The molecule has 0 spiro atoms. The zero-order chi connectivity index (χ0) is 11.9. The number of aromatic amines is 1. The first-order valence-electron chi connectivity index (χ1n) is 5.69. The second kappa shape index (κ2) is 3.65. The molecule has 18 heavy (non-hydrogen) atoms. The Kier molecular flexibility index (Phi) is 1.98. The van der Waals surface area contributed by atoms with Crippen LogP contribution in [0.4, 0.5) is 0 Å². The fourth-order valence-corrected chi connectivity index (χ4v) is 3.34. The summed E-state index contributed by atoms with van der Waals surface area (Å²) in [6.07, 6.45) is 5.46. The standard InChI is InChI=1S/C14H9N3S/c1-3-9(14-16-7-8-17-14)12-10(4-1)18-11-5-2-6-15-13(11)12/h1-8H,(H,16,17). The van der Waals surface area contributed by atoms with Crippen molar-refractivity contribution >= 4 is 31.6 Å². The van der Waals surface area contributed by atoms with Crippen LogP contribution >= 0.6 is 11.3 Å². The van der Waals surface area contributed by atoms with Crippen LogP contribution in [0.5, 0.6) is 0 Å². The number of hydrogen-bond donors (Lipinski definition) is 1. The third kappa shape index (κ3) is 1.29. The third-order valence-corrected chi connectivity index (χ3v) is 4.12. The number of fused-ring (bicyclic) bond motifs is 3. The van der Waals surface area contributed by atoms with Crippen LogP contribution in [0, 0.1) is 0 Å². The fraction of sp³-hybridized carbons (Fsp3) is 0. The predicted molar refractivity (Wildman–Crippen MR) is 74.7 cm³/mol. The summed E-state index contributed by atoms with van der Waals surface area (Å²) in [6.45, 7) is 0. The molecule has 4 rings (SSSR count). The van der Waals surface area contributed by atoms with Crippen molar-refractivity contribution in [3.8, 4) is 11.4 Å². The van der Waals surface area contributed by atoms with Gasteiger partial charge in [-0.25, -0.2) is 4.98 Å². The molecule has 0 saturated heterocycles. The first kappa shape index (κ1) is 9.79. The molecule has 0 fully saturated rings. The van der Waals surface area contributed by atoms with Gasteiger partial charge in [-0.05, 0) is 18.2 Å². The van der Waals surface area contributed by atoms with E-state index in [1.165, 1.54) is 14.8 Å². The summed E-state index contributed by atoms with van der Waals surface area (Å²) in [5.41, 5.74) is 2.17.